The molecule has 0 aliphatic carbocycles. The minimum atomic E-state index is -4.27. The monoisotopic (exact) mass is 429 g/mol. The van der Waals surface area contributed by atoms with Crippen molar-refractivity contribution in [2.75, 3.05) is 6.61 Å². The van der Waals surface area contributed by atoms with E-state index in [1.807, 2.05) is 23.9 Å². The summed E-state index contributed by atoms with van der Waals surface area (Å²) in [6.45, 7) is 7.11. The molecule has 0 amide bonds. The summed E-state index contributed by atoms with van der Waals surface area (Å²) < 4.78 is 33.1. The van der Waals surface area contributed by atoms with Gasteiger partial charge in [-0.25, -0.2) is 8.42 Å². The maximum atomic E-state index is 10.4. The third kappa shape index (κ3) is 7.43. The first-order chi connectivity index (χ1) is 14.3. The van der Waals surface area contributed by atoms with Crippen molar-refractivity contribution in [2.24, 2.45) is 5.92 Å². The van der Waals surface area contributed by atoms with Crippen LogP contribution in [0.5, 0.6) is 0 Å². The fraction of sp³-hybridized carbons (Fsp3) is 0.375. The predicted molar refractivity (Wildman–Crippen MR) is 118 cm³/mol. The van der Waals surface area contributed by atoms with Crippen LogP contribution in [0.2, 0.25) is 0 Å². The topological polar surface area (TPSA) is 70.3 Å². The van der Waals surface area contributed by atoms with Crippen molar-refractivity contribution in [3.05, 3.63) is 72.4 Å². The molecular formula is C24H31NO4S. The Morgan fingerprint density at radius 3 is 2.30 bits per heavy atom. The number of aryl methyl sites for hydroxylation is 1. The van der Waals surface area contributed by atoms with Crippen molar-refractivity contribution in [1.82, 2.24) is 0 Å². The molecule has 3 rings (SSSR count). The zero-order valence-corrected chi connectivity index (χ0v) is 18.8. The molecule has 30 heavy (non-hydrogen) atoms. The molecule has 1 aromatic heterocycles. The van der Waals surface area contributed by atoms with Crippen molar-refractivity contribution in [1.29, 1.82) is 0 Å². The number of pyridine rings is 1. The Balaban J connectivity index is 0.000000248. The van der Waals surface area contributed by atoms with Crippen LogP contribution in [0.25, 0.3) is 10.9 Å². The zero-order valence-electron chi connectivity index (χ0n) is 18.0. The SMILES string of the molecule is CCCCC(CC)CO[n+]1cccc2ccccc21.Cc1ccc(S(=O)(=O)[O-])cc1. The van der Waals surface area contributed by atoms with Crippen molar-refractivity contribution in [3.63, 3.8) is 0 Å². The number of hydrogen-bond acceptors (Lipinski definition) is 4. The first-order valence-electron chi connectivity index (χ1n) is 10.4. The molecule has 1 heterocycles. The summed E-state index contributed by atoms with van der Waals surface area (Å²) in [6, 6.07) is 18.3. The van der Waals surface area contributed by atoms with Gasteiger partial charge in [0, 0.05) is 16.9 Å². The number of para-hydroxylation sites is 1. The molecule has 6 heteroatoms. The number of hydrogen-bond donors (Lipinski definition) is 0. The Morgan fingerprint density at radius 2 is 1.67 bits per heavy atom. The highest BCUT2D eigenvalue weighted by atomic mass is 32.2. The Labute approximate surface area is 180 Å². The van der Waals surface area contributed by atoms with E-state index in [4.69, 9.17) is 4.84 Å². The molecule has 1 unspecified atom stereocenters. The van der Waals surface area contributed by atoms with Gasteiger partial charge in [0.1, 0.15) is 10.1 Å². The molecule has 0 spiro atoms. The molecule has 162 valence electrons. The van der Waals surface area contributed by atoms with Crippen LogP contribution in [0.4, 0.5) is 0 Å². The van der Waals surface area contributed by atoms with Gasteiger partial charge in [0.25, 0.3) is 5.52 Å². The van der Waals surface area contributed by atoms with Crippen LogP contribution in [-0.2, 0) is 10.1 Å². The number of aromatic nitrogens is 1. The van der Waals surface area contributed by atoms with Gasteiger partial charge >= 0.3 is 0 Å². The summed E-state index contributed by atoms with van der Waals surface area (Å²) in [6.07, 6.45) is 7.00. The van der Waals surface area contributed by atoms with E-state index in [1.54, 1.807) is 12.1 Å². The second-order valence-corrected chi connectivity index (χ2v) is 8.75. The van der Waals surface area contributed by atoms with Gasteiger partial charge in [-0.3, -0.25) is 4.84 Å². The highest BCUT2D eigenvalue weighted by Crippen LogP contribution is 2.12. The summed E-state index contributed by atoms with van der Waals surface area (Å²) >= 11 is 0. The lowest BCUT2D eigenvalue weighted by Gasteiger charge is -2.11. The summed E-state index contributed by atoms with van der Waals surface area (Å²) in [4.78, 5) is 5.81. The van der Waals surface area contributed by atoms with Gasteiger partial charge in [0.05, 0.1) is 10.3 Å². The Kier molecular flexibility index (Phi) is 9.27. The molecule has 0 aliphatic rings. The van der Waals surface area contributed by atoms with E-state index < -0.39 is 10.1 Å². The van der Waals surface area contributed by atoms with E-state index in [-0.39, 0.29) is 4.90 Å². The van der Waals surface area contributed by atoms with Crippen molar-refractivity contribution < 1.29 is 22.5 Å². The van der Waals surface area contributed by atoms with Crippen molar-refractivity contribution in [3.8, 4) is 0 Å². The van der Waals surface area contributed by atoms with Gasteiger partial charge in [-0.05, 0) is 49.9 Å². The van der Waals surface area contributed by atoms with Crippen molar-refractivity contribution in [2.45, 2.75) is 51.3 Å². The maximum absolute atomic E-state index is 10.4. The fourth-order valence-electron chi connectivity index (χ4n) is 3.04. The number of unbranched alkanes of at least 4 members (excludes halogenated alkanes) is 1. The Hall–Kier alpha value is -2.44. The predicted octanol–water partition coefficient (Wildman–Crippen LogP) is 4.67. The first-order valence-corrected chi connectivity index (χ1v) is 11.8. The number of nitrogens with zero attached hydrogens (tertiary/aromatic N) is 1. The van der Waals surface area contributed by atoms with E-state index in [9.17, 15) is 13.0 Å². The summed E-state index contributed by atoms with van der Waals surface area (Å²) in [7, 11) is -4.27. The molecule has 1 atom stereocenters. The van der Waals surface area contributed by atoms with Gasteiger partial charge < -0.3 is 4.55 Å². The van der Waals surface area contributed by atoms with Crippen LogP contribution in [0.3, 0.4) is 0 Å². The number of fused-ring (bicyclic) bond motifs is 1. The molecule has 2 aromatic carbocycles. The van der Waals surface area contributed by atoms with Crippen LogP contribution < -0.4 is 9.57 Å². The molecule has 5 nitrogen and oxygen atoms in total. The van der Waals surface area contributed by atoms with Gasteiger partial charge in [-0.1, -0.05) is 56.5 Å². The summed E-state index contributed by atoms with van der Waals surface area (Å²) in [5.41, 5.74) is 2.06. The quantitative estimate of drug-likeness (QED) is 0.385. The molecule has 0 bridgehead atoms. The van der Waals surface area contributed by atoms with E-state index >= 15 is 0 Å². The highest BCUT2D eigenvalue weighted by Gasteiger charge is 2.13. The molecule has 0 fully saturated rings. The Morgan fingerprint density at radius 1 is 1.00 bits per heavy atom. The van der Waals surface area contributed by atoms with E-state index in [0.717, 1.165) is 17.7 Å². The lowest BCUT2D eigenvalue weighted by molar-refractivity contribution is -0.872. The third-order valence-electron chi connectivity index (χ3n) is 4.97. The minimum absolute atomic E-state index is 0.178. The van der Waals surface area contributed by atoms with Gasteiger partial charge in [0.15, 0.2) is 6.61 Å². The summed E-state index contributed by atoms with van der Waals surface area (Å²) in [5.74, 6) is 0.659. The van der Waals surface area contributed by atoms with E-state index in [0.29, 0.717) is 5.92 Å². The molecule has 0 N–H and O–H groups in total. The summed E-state index contributed by atoms with van der Waals surface area (Å²) in [5, 5.41) is 1.21. The van der Waals surface area contributed by atoms with Gasteiger partial charge in [0.2, 0.25) is 6.20 Å². The minimum Gasteiger partial charge on any atom is -0.744 e. The molecule has 0 radical (unpaired) electrons. The van der Waals surface area contributed by atoms with Crippen molar-refractivity contribution >= 4 is 21.0 Å². The molecular weight excluding hydrogens is 398 g/mol. The largest absolute Gasteiger partial charge is 0.744 e. The second-order valence-electron chi connectivity index (χ2n) is 7.37. The normalized spacial score (nSPS) is 12.1. The molecule has 0 aliphatic heterocycles. The first kappa shape index (κ1) is 23.8. The maximum Gasteiger partial charge on any atom is 0.264 e. The Bertz CT molecular complexity index is 1010. The standard InChI is InChI=1S/C17H24NO.C7H8O3S/c1-3-5-9-15(4-2)14-19-18-13-8-11-16-10-6-7-12-17(16)18;1-6-2-4-7(5-3-6)11(8,9)10/h6-8,10-13,15H,3-5,9,14H2,1-2H3;2-5H,1H3,(H,8,9,10)/q+1;/p-1. The lowest BCUT2D eigenvalue weighted by atomic mass is 10.0. The molecule has 0 saturated carbocycles. The van der Waals surface area contributed by atoms with E-state index in [2.05, 4.69) is 44.2 Å². The average Bonchev–Trinajstić information content (AvgIpc) is 2.74. The van der Waals surface area contributed by atoms with E-state index in [1.165, 1.54) is 43.2 Å². The third-order valence-corrected chi connectivity index (χ3v) is 5.82. The molecule has 0 saturated heterocycles. The number of benzene rings is 2. The zero-order chi connectivity index (χ0) is 22.0. The highest BCUT2D eigenvalue weighted by molar-refractivity contribution is 7.85. The van der Waals surface area contributed by atoms with Gasteiger partial charge in [-0.15, -0.1) is 0 Å². The van der Waals surface area contributed by atoms with Crippen LogP contribution in [0.15, 0.2) is 71.8 Å². The van der Waals surface area contributed by atoms with Crippen LogP contribution >= 0.6 is 0 Å². The second kappa shape index (κ2) is 11.7. The number of rotatable bonds is 8. The fourth-order valence-corrected chi connectivity index (χ4v) is 3.51. The van der Waals surface area contributed by atoms with Crippen LogP contribution in [-0.4, -0.2) is 19.6 Å². The smallest absolute Gasteiger partial charge is 0.264 e. The lowest BCUT2D eigenvalue weighted by Crippen LogP contribution is -2.44. The van der Waals surface area contributed by atoms with Crippen LogP contribution in [0, 0.1) is 12.8 Å². The average molecular weight is 430 g/mol. The van der Waals surface area contributed by atoms with Gasteiger partial charge in [-0.2, -0.15) is 0 Å². The molecule has 3 aromatic rings. The van der Waals surface area contributed by atoms with Crippen LogP contribution in [0.1, 0.15) is 45.1 Å².